The van der Waals surface area contributed by atoms with Crippen molar-refractivity contribution in [2.45, 2.75) is 6.10 Å². The summed E-state index contributed by atoms with van der Waals surface area (Å²) in [4.78, 5) is 2.61. The molecule has 10 heteroatoms. The highest BCUT2D eigenvalue weighted by Crippen LogP contribution is 2.40. The topological polar surface area (TPSA) is 86.3 Å². The van der Waals surface area contributed by atoms with Gasteiger partial charge >= 0.3 is 0 Å². The number of phenols is 1. The number of halogens is 2. The molecule has 1 aliphatic rings. The van der Waals surface area contributed by atoms with Crippen LogP contribution in [0.4, 0.5) is 5.69 Å². The molecule has 8 nitrogen and oxygen atoms in total. The highest BCUT2D eigenvalue weighted by Gasteiger charge is 2.27. The van der Waals surface area contributed by atoms with Crippen molar-refractivity contribution in [1.82, 2.24) is 0 Å². The van der Waals surface area contributed by atoms with Gasteiger partial charge in [-0.25, -0.2) is 0 Å². The second kappa shape index (κ2) is 13.4. The fourth-order valence-electron chi connectivity index (χ4n) is 3.88. The first kappa shape index (κ1) is 27.9. The number of phenolic OH excluding ortho intramolecular Hbond substituents is 1. The minimum Gasteiger partial charge on any atom is -1.00 e. The number of rotatable bonds is 9. The van der Waals surface area contributed by atoms with Crippen LogP contribution >= 0.6 is 0 Å². The van der Waals surface area contributed by atoms with Gasteiger partial charge < -0.3 is 58.9 Å². The predicted octanol–water partition coefficient (Wildman–Crippen LogP) is -6.72. The Balaban J connectivity index is 0.00000256. The SMILES string of the molecule is COc1cc(OCC(O)C[NH+]2CC[NH+](c3ccccc3O)CC2)cc(OC)c1OC.[Cl-].[Cl-]. The Morgan fingerprint density at radius 2 is 1.50 bits per heavy atom. The summed E-state index contributed by atoms with van der Waals surface area (Å²) in [5.41, 5.74) is 0.947. The van der Waals surface area contributed by atoms with Gasteiger partial charge in [0.05, 0.1) is 21.3 Å². The Hall–Kier alpha value is -2.10. The number of aliphatic hydroxyl groups excluding tert-OH is 1. The van der Waals surface area contributed by atoms with Gasteiger partial charge in [0.15, 0.2) is 22.9 Å². The van der Waals surface area contributed by atoms with Crippen LogP contribution in [-0.4, -0.2) is 77.0 Å². The zero-order valence-electron chi connectivity index (χ0n) is 18.6. The number of methoxy groups -OCH3 is 3. The molecular formula is C22H32Cl2N2O6. The highest BCUT2D eigenvalue weighted by molar-refractivity contribution is 5.55. The van der Waals surface area contributed by atoms with Crippen molar-refractivity contribution in [2.75, 3.05) is 60.7 Å². The number of para-hydroxylation sites is 2. The average molecular weight is 491 g/mol. The molecule has 4 N–H and O–H groups in total. The molecule has 0 aliphatic carbocycles. The molecule has 0 aromatic heterocycles. The molecule has 0 radical (unpaired) electrons. The number of aliphatic hydroxyl groups is 1. The summed E-state index contributed by atoms with van der Waals surface area (Å²) in [6.45, 7) is 4.45. The van der Waals surface area contributed by atoms with E-state index in [0.717, 1.165) is 31.9 Å². The zero-order chi connectivity index (χ0) is 21.5. The Labute approximate surface area is 201 Å². The van der Waals surface area contributed by atoms with Crippen LogP contribution in [0.3, 0.4) is 0 Å². The first-order chi connectivity index (χ1) is 14.5. The van der Waals surface area contributed by atoms with Crippen LogP contribution in [0.1, 0.15) is 0 Å². The Bertz CT molecular complexity index is 809. The normalized spacial score (nSPS) is 18.5. The van der Waals surface area contributed by atoms with Gasteiger partial charge in [-0.2, -0.15) is 0 Å². The molecule has 0 bridgehead atoms. The van der Waals surface area contributed by atoms with Crippen LogP contribution in [-0.2, 0) is 0 Å². The minimum atomic E-state index is -0.592. The standard InChI is InChI=1S/C22H30N2O6.2ClH/c1-27-20-12-17(13-21(28-2)22(20)29-3)30-15-16(25)14-23-8-10-24(11-9-23)18-6-4-5-7-19(18)26;;/h4-7,12-13,16,25-26H,8-11,14-15H2,1-3H3;2*1H. The summed E-state index contributed by atoms with van der Waals surface area (Å²) in [5, 5.41) is 20.5. The van der Waals surface area contributed by atoms with Crippen LogP contribution in [0, 0.1) is 0 Å². The third-order valence-electron chi connectivity index (χ3n) is 5.45. The van der Waals surface area contributed by atoms with E-state index in [0.29, 0.717) is 35.3 Å². The lowest BCUT2D eigenvalue weighted by Gasteiger charge is -2.30. The van der Waals surface area contributed by atoms with E-state index in [-0.39, 0.29) is 31.4 Å². The number of hydrogen-bond acceptors (Lipinski definition) is 6. The smallest absolute Gasteiger partial charge is 0.203 e. The van der Waals surface area contributed by atoms with Gasteiger partial charge in [0.25, 0.3) is 0 Å². The molecule has 0 amide bonds. The van der Waals surface area contributed by atoms with E-state index in [9.17, 15) is 10.2 Å². The molecule has 2 aromatic rings. The van der Waals surface area contributed by atoms with Crippen LogP contribution in [0.25, 0.3) is 0 Å². The Kier molecular flexibility index (Phi) is 11.7. The molecule has 3 rings (SSSR count). The lowest BCUT2D eigenvalue weighted by atomic mass is 10.2. The molecule has 0 saturated carbocycles. The van der Waals surface area contributed by atoms with Gasteiger partial charge in [-0.1, -0.05) is 12.1 Å². The summed E-state index contributed by atoms with van der Waals surface area (Å²) in [5.74, 6) is 2.41. The lowest BCUT2D eigenvalue weighted by Crippen LogP contribution is -3.26. The van der Waals surface area contributed by atoms with Crippen LogP contribution < -0.4 is 53.6 Å². The fourth-order valence-corrected chi connectivity index (χ4v) is 3.88. The van der Waals surface area contributed by atoms with Gasteiger partial charge in [-0.15, -0.1) is 0 Å². The second-order valence-electron chi connectivity index (χ2n) is 7.40. The number of hydrogen-bond donors (Lipinski definition) is 4. The molecule has 1 saturated heterocycles. The largest absolute Gasteiger partial charge is 1.00 e. The molecule has 180 valence electrons. The Morgan fingerprint density at radius 1 is 0.906 bits per heavy atom. The second-order valence-corrected chi connectivity index (χ2v) is 7.40. The van der Waals surface area contributed by atoms with E-state index < -0.39 is 6.10 Å². The van der Waals surface area contributed by atoms with Gasteiger partial charge in [0.2, 0.25) is 5.75 Å². The minimum absolute atomic E-state index is 0. The lowest BCUT2D eigenvalue weighted by molar-refractivity contribution is -0.988. The predicted molar refractivity (Wildman–Crippen MR) is 112 cm³/mol. The van der Waals surface area contributed by atoms with E-state index in [1.54, 1.807) is 39.5 Å². The number of ether oxygens (including phenoxy) is 4. The molecule has 1 atom stereocenters. The molecular weight excluding hydrogens is 459 g/mol. The van der Waals surface area contributed by atoms with Gasteiger partial charge in [-0.3, -0.25) is 4.90 Å². The molecule has 1 aliphatic heterocycles. The van der Waals surface area contributed by atoms with Crippen LogP contribution in [0.5, 0.6) is 28.7 Å². The van der Waals surface area contributed by atoms with Crippen molar-refractivity contribution >= 4 is 5.69 Å². The maximum atomic E-state index is 10.5. The van der Waals surface area contributed by atoms with Crippen molar-refractivity contribution in [3.05, 3.63) is 36.4 Å². The summed E-state index contributed by atoms with van der Waals surface area (Å²) in [7, 11) is 4.65. The first-order valence-corrected chi connectivity index (χ1v) is 10.1. The summed E-state index contributed by atoms with van der Waals surface area (Å²) >= 11 is 0. The summed E-state index contributed by atoms with van der Waals surface area (Å²) in [6, 6.07) is 10.9. The van der Waals surface area contributed by atoms with Crippen molar-refractivity contribution in [3.8, 4) is 28.7 Å². The maximum Gasteiger partial charge on any atom is 0.203 e. The van der Waals surface area contributed by atoms with E-state index in [1.165, 1.54) is 9.80 Å². The summed E-state index contributed by atoms with van der Waals surface area (Å²) < 4.78 is 21.8. The van der Waals surface area contributed by atoms with Crippen LogP contribution in [0.2, 0.25) is 0 Å². The number of aromatic hydroxyl groups is 1. The summed E-state index contributed by atoms with van der Waals surface area (Å²) in [6.07, 6.45) is -0.592. The number of quaternary nitrogens is 2. The fraction of sp³-hybridized carbons (Fsp3) is 0.455. The van der Waals surface area contributed by atoms with Crippen LogP contribution in [0.15, 0.2) is 36.4 Å². The van der Waals surface area contributed by atoms with Crippen molar-refractivity contribution in [1.29, 1.82) is 0 Å². The van der Waals surface area contributed by atoms with E-state index >= 15 is 0 Å². The van der Waals surface area contributed by atoms with Crippen molar-refractivity contribution in [2.24, 2.45) is 0 Å². The van der Waals surface area contributed by atoms with Gasteiger partial charge in [0.1, 0.15) is 51.2 Å². The zero-order valence-corrected chi connectivity index (χ0v) is 20.1. The number of piperazine rings is 1. The van der Waals surface area contributed by atoms with E-state index in [2.05, 4.69) is 0 Å². The maximum absolute atomic E-state index is 10.5. The van der Waals surface area contributed by atoms with Crippen molar-refractivity contribution < 1.29 is 63.8 Å². The van der Waals surface area contributed by atoms with E-state index in [4.69, 9.17) is 18.9 Å². The number of benzene rings is 2. The molecule has 1 unspecified atom stereocenters. The average Bonchev–Trinajstić information content (AvgIpc) is 2.77. The third kappa shape index (κ3) is 6.95. The quantitative estimate of drug-likeness (QED) is 0.261. The first-order valence-electron chi connectivity index (χ1n) is 10.1. The van der Waals surface area contributed by atoms with Crippen molar-refractivity contribution in [3.63, 3.8) is 0 Å². The molecule has 0 spiro atoms. The third-order valence-corrected chi connectivity index (χ3v) is 5.45. The number of nitrogens with one attached hydrogen (secondary N) is 2. The highest BCUT2D eigenvalue weighted by atomic mass is 35.5. The van der Waals surface area contributed by atoms with Gasteiger partial charge in [0, 0.05) is 18.2 Å². The van der Waals surface area contributed by atoms with E-state index in [1.807, 2.05) is 18.2 Å². The molecule has 1 fully saturated rings. The van der Waals surface area contributed by atoms with Gasteiger partial charge in [-0.05, 0) is 6.07 Å². The molecule has 2 aromatic carbocycles. The Morgan fingerprint density at radius 3 is 2.03 bits per heavy atom. The molecule has 1 heterocycles. The molecule has 32 heavy (non-hydrogen) atoms. The monoisotopic (exact) mass is 490 g/mol.